The zero-order valence-corrected chi connectivity index (χ0v) is 23.5. The third-order valence-corrected chi connectivity index (χ3v) is 7.84. The molecule has 0 aliphatic carbocycles. The number of rotatable bonds is 4. The molecule has 0 N–H and O–H groups in total. The van der Waals surface area contributed by atoms with E-state index in [2.05, 4.69) is 35.2 Å². The fourth-order valence-corrected chi connectivity index (χ4v) is 6.23. The summed E-state index contributed by atoms with van der Waals surface area (Å²) in [5, 5.41) is 0.981. The van der Waals surface area contributed by atoms with E-state index in [-0.39, 0.29) is 18.2 Å². The van der Waals surface area contributed by atoms with Crippen molar-refractivity contribution in [3.05, 3.63) is 84.6 Å². The number of esters is 1. The Morgan fingerprint density at radius 3 is 2.05 bits per heavy atom. The summed E-state index contributed by atoms with van der Waals surface area (Å²) in [6, 6.07) is 26.6. The number of ether oxygens (including phenoxy) is 2. The van der Waals surface area contributed by atoms with Gasteiger partial charge in [-0.15, -0.1) is 0 Å². The van der Waals surface area contributed by atoms with Gasteiger partial charge in [-0.2, -0.15) is 0 Å². The number of amides is 1. The predicted molar refractivity (Wildman–Crippen MR) is 157 cm³/mol. The molecule has 0 saturated carbocycles. The van der Waals surface area contributed by atoms with Gasteiger partial charge in [0.2, 0.25) is 0 Å². The molecule has 0 radical (unpaired) electrons. The van der Waals surface area contributed by atoms with Gasteiger partial charge in [0.25, 0.3) is 0 Å². The van der Waals surface area contributed by atoms with Crippen LogP contribution in [0.15, 0.2) is 78.9 Å². The maximum atomic E-state index is 13.5. The molecule has 2 fully saturated rings. The third-order valence-electron chi connectivity index (χ3n) is 7.84. The molecule has 7 heteroatoms. The minimum Gasteiger partial charge on any atom is -0.464 e. The third kappa shape index (κ3) is 4.59. The predicted octanol–water partition coefficient (Wildman–Crippen LogP) is 6.67. The molecule has 206 valence electrons. The lowest BCUT2D eigenvalue weighted by molar-refractivity contribution is 0.0122. The number of aromatic nitrogens is 1. The molecule has 0 unspecified atom stereocenters. The second-order valence-electron chi connectivity index (χ2n) is 11.6. The first kappa shape index (κ1) is 26.0. The second kappa shape index (κ2) is 10.0. The minimum atomic E-state index is -0.550. The maximum absolute atomic E-state index is 13.5. The van der Waals surface area contributed by atoms with Crippen LogP contribution in [0, 0.1) is 0 Å². The lowest BCUT2D eigenvalue weighted by Crippen LogP contribution is -2.57. The van der Waals surface area contributed by atoms with Crippen LogP contribution < -0.4 is 4.90 Å². The van der Waals surface area contributed by atoms with E-state index in [9.17, 15) is 9.59 Å². The Bertz CT molecular complexity index is 1540. The topological polar surface area (TPSA) is 64.0 Å². The molecule has 7 nitrogen and oxygen atoms in total. The van der Waals surface area contributed by atoms with Gasteiger partial charge in [0.1, 0.15) is 5.60 Å². The van der Waals surface area contributed by atoms with Crippen molar-refractivity contribution in [2.24, 2.45) is 0 Å². The molecule has 40 heavy (non-hydrogen) atoms. The van der Waals surface area contributed by atoms with Crippen molar-refractivity contribution in [1.29, 1.82) is 0 Å². The average Bonchev–Trinajstić information content (AvgIpc) is 3.43. The van der Waals surface area contributed by atoms with E-state index in [0.29, 0.717) is 18.8 Å². The number of nitrogens with zero attached hydrogens (tertiary/aromatic N) is 3. The quantitative estimate of drug-likeness (QED) is 0.272. The first-order chi connectivity index (χ1) is 19.2. The van der Waals surface area contributed by atoms with Crippen LogP contribution in [0.2, 0.25) is 0 Å². The van der Waals surface area contributed by atoms with Gasteiger partial charge in [0.15, 0.2) is 5.69 Å². The van der Waals surface area contributed by atoms with Gasteiger partial charge < -0.3 is 18.9 Å². The number of fused-ring (bicyclic) bond motifs is 3. The van der Waals surface area contributed by atoms with Crippen molar-refractivity contribution in [2.75, 3.05) is 25.1 Å². The Balaban J connectivity index is 1.50. The summed E-state index contributed by atoms with van der Waals surface area (Å²) < 4.78 is 13.2. The Morgan fingerprint density at radius 2 is 1.45 bits per heavy atom. The van der Waals surface area contributed by atoms with E-state index >= 15 is 0 Å². The Labute approximate surface area is 234 Å². The van der Waals surface area contributed by atoms with Gasteiger partial charge in [0, 0.05) is 24.2 Å². The van der Waals surface area contributed by atoms with E-state index in [1.807, 2.05) is 78.8 Å². The van der Waals surface area contributed by atoms with Crippen molar-refractivity contribution in [2.45, 2.75) is 51.3 Å². The van der Waals surface area contributed by atoms with Crippen LogP contribution in [0.4, 0.5) is 10.5 Å². The molecule has 2 aliphatic rings. The molecule has 3 heterocycles. The Hall–Kier alpha value is -4.26. The Morgan fingerprint density at radius 1 is 0.825 bits per heavy atom. The molecule has 0 spiro atoms. The van der Waals surface area contributed by atoms with Gasteiger partial charge in [-0.25, -0.2) is 9.59 Å². The van der Waals surface area contributed by atoms with Crippen LogP contribution in [-0.4, -0.2) is 59.4 Å². The van der Waals surface area contributed by atoms with Gasteiger partial charge in [-0.05, 0) is 62.9 Å². The molecule has 2 atom stereocenters. The standard InChI is InChI=1S/C33H35N3O4/c1-33(2,3)40-32(38)35-25-16-17-26(35)21-34(20-25)29-27-18-15-23(22-11-7-5-8-12-22)19-28(27)36(30(29)31(37)39-4)24-13-9-6-10-14-24/h5-15,18-19,25-26H,16-17,20-21H2,1-4H3/t25-,26-/m0/s1. The fraction of sp³-hybridized carbons (Fsp3) is 0.333. The Kier molecular flexibility index (Phi) is 6.53. The molecule has 1 aromatic heterocycles. The second-order valence-corrected chi connectivity index (χ2v) is 11.6. The van der Waals surface area contributed by atoms with Crippen molar-refractivity contribution < 1.29 is 19.1 Å². The van der Waals surface area contributed by atoms with Gasteiger partial charge in [-0.3, -0.25) is 4.90 Å². The summed E-state index contributed by atoms with van der Waals surface area (Å²) in [5.41, 5.74) is 4.80. The zero-order valence-electron chi connectivity index (χ0n) is 23.5. The zero-order chi connectivity index (χ0) is 28.0. The smallest absolute Gasteiger partial charge is 0.410 e. The van der Waals surface area contributed by atoms with E-state index in [4.69, 9.17) is 9.47 Å². The molecular weight excluding hydrogens is 502 g/mol. The normalized spacial score (nSPS) is 18.7. The number of carbonyl (C=O) groups excluding carboxylic acids is 2. The highest BCUT2D eigenvalue weighted by Crippen LogP contribution is 2.42. The fourth-order valence-electron chi connectivity index (χ4n) is 6.23. The molecule has 3 aromatic carbocycles. The van der Waals surface area contributed by atoms with E-state index in [0.717, 1.165) is 46.2 Å². The summed E-state index contributed by atoms with van der Waals surface area (Å²) in [4.78, 5) is 30.9. The van der Waals surface area contributed by atoms with Crippen LogP contribution in [0.25, 0.3) is 27.7 Å². The highest BCUT2D eigenvalue weighted by atomic mass is 16.6. The van der Waals surface area contributed by atoms with E-state index in [1.165, 1.54) is 7.11 Å². The monoisotopic (exact) mass is 537 g/mol. The van der Waals surface area contributed by atoms with Gasteiger partial charge >= 0.3 is 12.1 Å². The highest BCUT2D eigenvalue weighted by Gasteiger charge is 2.45. The number of carbonyl (C=O) groups is 2. The van der Waals surface area contributed by atoms with Crippen molar-refractivity contribution in [3.8, 4) is 16.8 Å². The number of anilines is 1. The lowest BCUT2D eigenvalue weighted by atomic mass is 10.0. The molecule has 4 aromatic rings. The van der Waals surface area contributed by atoms with Crippen LogP contribution in [0.3, 0.4) is 0 Å². The number of para-hydroxylation sites is 1. The number of hydrogen-bond donors (Lipinski definition) is 0. The average molecular weight is 538 g/mol. The molecule has 2 saturated heterocycles. The summed E-state index contributed by atoms with van der Waals surface area (Å²) in [5.74, 6) is -0.391. The summed E-state index contributed by atoms with van der Waals surface area (Å²) in [6.45, 7) is 6.93. The maximum Gasteiger partial charge on any atom is 0.410 e. The van der Waals surface area contributed by atoms with Gasteiger partial charge in [-0.1, -0.05) is 60.7 Å². The van der Waals surface area contributed by atoms with Crippen molar-refractivity contribution in [1.82, 2.24) is 9.47 Å². The SMILES string of the molecule is COC(=O)c1c(N2C[C@@H]3CC[C@@H](C2)N3C(=O)OC(C)(C)C)c2ccc(-c3ccccc3)cc2n1-c1ccccc1. The lowest BCUT2D eigenvalue weighted by Gasteiger charge is -2.42. The first-order valence-corrected chi connectivity index (χ1v) is 13.9. The number of benzene rings is 3. The summed E-state index contributed by atoms with van der Waals surface area (Å²) in [6.07, 6.45) is 1.56. The van der Waals surface area contributed by atoms with Crippen LogP contribution >= 0.6 is 0 Å². The van der Waals surface area contributed by atoms with Crippen molar-refractivity contribution in [3.63, 3.8) is 0 Å². The minimum absolute atomic E-state index is 0.0119. The summed E-state index contributed by atoms with van der Waals surface area (Å²) >= 11 is 0. The molecule has 2 bridgehead atoms. The van der Waals surface area contributed by atoms with E-state index in [1.54, 1.807) is 0 Å². The summed E-state index contributed by atoms with van der Waals surface area (Å²) in [7, 11) is 1.43. The number of piperazine rings is 1. The number of methoxy groups -OCH3 is 1. The molecule has 2 aliphatic heterocycles. The first-order valence-electron chi connectivity index (χ1n) is 13.9. The number of hydrogen-bond acceptors (Lipinski definition) is 5. The molecular formula is C33H35N3O4. The molecule has 6 rings (SSSR count). The van der Waals surface area contributed by atoms with Crippen LogP contribution in [0.1, 0.15) is 44.1 Å². The largest absolute Gasteiger partial charge is 0.464 e. The van der Waals surface area contributed by atoms with Crippen molar-refractivity contribution >= 4 is 28.7 Å². The van der Waals surface area contributed by atoms with E-state index < -0.39 is 11.6 Å². The molecule has 1 amide bonds. The highest BCUT2D eigenvalue weighted by molar-refractivity contribution is 6.09. The van der Waals surface area contributed by atoms with Crippen LogP contribution in [0.5, 0.6) is 0 Å². The van der Waals surface area contributed by atoms with Crippen LogP contribution in [-0.2, 0) is 9.47 Å². The van der Waals surface area contributed by atoms with Gasteiger partial charge in [0.05, 0.1) is 30.4 Å².